The number of aliphatic carboxylic acids is 1. The fourth-order valence-corrected chi connectivity index (χ4v) is 3.70. The van der Waals surface area contributed by atoms with E-state index in [2.05, 4.69) is 5.32 Å². The average molecular weight is 397 g/mol. The van der Waals surface area contributed by atoms with Gasteiger partial charge < -0.3 is 10.4 Å². The minimum atomic E-state index is -4.61. The van der Waals surface area contributed by atoms with Gasteiger partial charge >= 0.3 is 12.1 Å². The van der Waals surface area contributed by atoms with Crippen molar-refractivity contribution in [2.24, 2.45) is 0 Å². The van der Waals surface area contributed by atoms with Gasteiger partial charge in [0.15, 0.2) is 0 Å². The molecule has 0 spiro atoms. The number of nitrogens with one attached hydrogen (secondary N) is 1. The number of halogens is 4. The lowest BCUT2D eigenvalue weighted by atomic mass is 10.1. The molecule has 0 aliphatic rings. The second kappa shape index (κ2) is 7.66. The predicted molar refractivity (Wildman–Crippen MR) is 96.2 cm³/mol. The summed E-state index contributed by atoms with van der Waals surface area (Å²) < 4.78 is 53.3. The third-order valence-electron chi connectivity index (χ3n) is 3.94. The van der Waals surface area contributed by atoms with Crippen LogP contribution in [-0.4, -0.2) is 17.6 Å². The third-order valence-corrected chi connectivity index (χ3v) is 5.10. The largest absolute Gasteiger partial charge is 0.481 e. The highest BCUT2D eigenvalue weighted by Gasteiger charge is 2.31. The standard InChI is InChI=1S/C19H15F4NO2S/c20-15-7-13(6-14(9-15)19(21,22)23)17-8-12-5-11(1-2-16(12)27-17)10-24-4-3-18(25)26/h1-2,5-9,24H,3-4,10H2,(H,25,26). The molecule has 3 aromatic rings. The second-order valence-electron chi connectivity index (χ2n) is 6.03. The molecule has 142 valence electrons. The smallest absolute Gasteiger partial charge is 0.416 e. The molecule has 0 bridgehead atoms. The summed E-state index contributed by atoms with van der Waals surface area (Å²) in [5.74, 6) is -1.81. The molecule has 0 saturated heterocycles. The van der Waals surface area contributed by atoms with Crippen LogP contribution in [0.1, 0.15) is 17.5 Å². The molecule has 0 saturated carbocycles. The molecule has 0 amide bonds. The number of benzene rings is 2. The van der Waals surface area contributed by atoms with Crippen LogP contribution in [0.15, 0.2) is 42.5 Å². The molecule has 3 rings (SSSR count). The fourth-order valence-electron chi connectivity index (χ4n) is 2.67. The second-order valence-corrected chi connectivity index (χ2v) is 7.11. The topological polar surface area (TPSA) is 49.3 Å². The van der Waals surface area contributed by atoms with Gasteiger partial charge in [0.1, 0.15) is 5.82 Å². The summed E-state index contributed by atoms with van der Waals surface area (Å²) in [6.45, 7) is 0.818. The van der Waals surface area contributed by atoms with E-state index in [-0.39, 0.29) is 12.0 Å². The summed E-state index contributed by atoms with van der Waals surface area (Å²) in [4.78, 5) is 11.0. The van der Waals surface area contributed by atoms with Crippen molar-refractivity contribution >= 4 is 27.4 Å². The van der Waals surface area contributed by atoms with Gasteiger partial charge in [-0.2, -0.15) is 13.2 Å². The van der Waals surface area contributed by atoms with E-state index in [0.717, 1.165) is 27.8 Å². The van der Waals surface area contributed by atoms with Crippen molar-refractivity contribution in [3.63, 3.8) is 0 Å². The summed E-state index contributed by atoms with van der Waals surface area (Å²) in [6.07, 6.45) is -4.59. The quantitative estimate of drug-likeness (QED) is 0.439. The Morgan fingerprint density at radius 3 is 2.59 bits per heavy atom. The lowest BCUT2D eigenvalue weighted by Crippen LogP contribution is -2.17. The van der Waals surface area contributed by atoms with E-state index >= 15 is 0 Å². The van der Waals surface area contributed by atoms with Crippen LogP contribution in [0, 0.1) is 5.82 Å². The summed E-state index contributed by atoms with van der Waals surface area (Å²) in [7, 11) is 0. The zero-order valence-electron chi connectivity index (χ0n) is 13.9. The Balaban J connectivity index is 1.85. The molecule has 0 aliphatic carbocycles. The van der Waals surface area contributed by atoms with Gasteiger partial charge in [-0.15, -0.1) is 11.3 Å². The van der Waals surface area contributed by atoms with Gasteiger partial charge in [-0.3, -0.25) is 4.79 Å². The Morgan fingerprint density at radius 2 is 1.89 bits per heavy atom. The van der Waals surface area contributed by atoms with Crippen LogP contribution < -0.4 is 5.32 Å². The average Bonchev–Trinajstić information content (AvgIpc) is 3.00. The zero-order valence-corrected chi connectivity index (χ0v) is 14.8. The molecule has 1 heterocycles. The van der Waals surface area contributed by atoms with Gasteiger partial charge in [-0.05, 0) is 52.9 Å². The number of hydrogen-bond acceptors (Lipinski definition) is 3. The van der Waals surface area contributed by atoms with Gasteiger partial charge in [0.2, 0.25) is 0 Å². The maximum atomic E-state index is 13.6. The van der Waals surface area contributed by atoms with E-state index in [1.165, 1.54) is 11.3 Å². The van der Waals surface area contributed by atoms with Crippen LogP contribution in [0.25, 0.3) is 20.5 Å². The minimum Gasteiger partial charge on any atom is -0.481 e. The monoisotopic (exact) mass is 397 g/mol. The first-order chi connectivity index (χ1) is 12.7. The molecule has 2 N–H and O–H groups in total. The number of fused-ring (bicyclic) bond motifs is 1. The molecule has 3 nitrogen and oxygen atoms in total. The van der Waals surface area contributed by atoms with Gasteiger partial charge in [0.25, 0.3) is 0 Å². The number of alkyl halides is 3. The highest BCUT2D eigenvalue weighted by molar-refractivity contribution is 7.22. The Bertz CT molecular complexity index is 981. The first kappa shape index (κ1) is 19.3. The SMILES string of the molecule is O=C(O)CCNCc1ccc2sc(-c3cc(F)cc(C(F)(F)F)c3)cc2c1. The minimum absolute atomic E-state index is 0.0198. The van der Waals surface area contributed by atoms with Gasteiger partial charge in [0.05, 0.1) is 12.0 Å². The number of rotatable bonds is 6. The van der Waals surface area contributed by atoms with E-state index in [9.17, 15) is 22.4 Å². The molecule has 0 atom stereocenters. The van der Waals surface area contributed by atoms with Gasteiger partial charge in [0, 0.05) is 22.7 Å². The first-order valence-corrected chi connectivity index (χ1v) is 8.87. The molecule has 0 unspecified atom stereocenters. The molecule has 1 aromatic heterocycles. The molecule has 0 radical (unpaired) electrons. The fraction of sp³-hybridized carbons (Fsp3) is 0.211. The Kier molecular flexibility index (Phi) is 5.48. The Hall–Kier alpha value is -2.45. The van der Waals surface area contributed by atoms with Crippen molar-refractivity contribution < 1.29 is 27.5 Å². The van der Waals surface area contributed by atoms with Crippen molar-refractivity contribution in [1.82, 2.24) is 5.32 Å². The summed E-state index contributed by atoms with van der Waals surface area (Å²) in [5.41, 5.74) is 0.0930. The molecule has 0 fully saturated rings. The molecule has 27 heavy (non-hydrogen) atoms. The van der Waals surface area contributed by atoms with Crippen molar-refractivity contribution in [3.8, 4) is 10.4 Å². The molecule has 2 aromatic carbocycles. The van der Waals surface area contributed by atoms with E-state index in [1.54, 1.807) is 6.07 Å². The first-order valence-electron chi connectivity index (χ1n) is 8.05. The summed E-state index contributed by atoms with van der Waals surface area (Å²) >= 11 is 1.29. The Morgan fingerprint density at radius 1 is 1.11 bits per heavy atom. The van der Waals surface area contributed by atoms with Crippen LogP contribution in [0.3, 0.4) is 0 Å². The summed E-state index contributed by atoms with van der Waals surface area (Å²) in [6, 6.07) is 9.85. The van der Waals surface area contributed by atoms with Crippen LogP contribution >= 0.6 is 11.3 Å². The number of carboxylic acids is 1. The lowest BCUT2D eigenvalue weighted by molar-refractivity contribution is -0.138. The highest BCUT2D eigenvalue weighted by atomic mass is 32.1. The normalized spacial score (nSPS) is 11.9. The molecule has 8 heteroatoms. The van der Waals surface area contributed by atoms with E-state index in [1.807, 2.05) is 18.2 Å². The zero-order chi connectivity index (χ0) is 19.6. The maximum absolute atomic E-state index is 13.6. The highest BCUT2D eigenvalue weighted by Crippen LogP contribution is 2.37. The van der Waals surface area contributed by atoms with Crippen LogP contribution in [0.5, 0.6) is 0 Å². The van der Waals surface area contributed by atoms with E-state index < -0.39 is 23.5 Å². The summed E-state index contributed by atoms with van der Waals surface area (Å²) in [5, 5.41) is 12.5. The van der Waals surface area contributed by atoms with E-state index in [0.29, 0.717) is 24.0 Å². The number of carboxylic acid groups (broad SMARTS) is 1. The number of thiophene rings is 1. The molecule has 0 aliphatic heterocycles. The van der Waals surface area contributed by atoms with Crippen LogP contribution in [0.2, 0.25) is 0 Å². The Labute approximate surface area is 156 Å². The van der Waals surface area contributed by atoms with Crippen molar-refractivity contribution in [2.75, 3.05) is 6.54 Å². The third kappa shape index (κ3) is 4.84. The van der Waals surface area contributed by atoms with Gasteiger partial charge in [-0.25, -0.2) is 4.39 Å². The van der Waals surface area contributed by atoms with Crippen molar-refractivity contribution in [2.45, 2.75) is 19.1 Å². The van der Waals surface area contributed by atoms with Crippen LogP contribution in [0.4, 0.5) is 17.6 Å². The van der Waals surface area contributed by atoms with Crippen LogP contribution in [-0.2, 0) is 17.5 Å². The van der Waals surface area contributed by atoms with Gasteiger partial charge in [-0.1, -0.05) is 6.07 Å². The van der Waals surface area contributed by atoms with Crippen molar-refractivity contribution in [3.05, 3.63) is 59.4 Å². The van der Waals surface area contributed by atoms with Crippen molar-refractivity contribution in [1.29, 1.82) is 0 Å². The number of carbonyl (C=O) groups is 1. The maximum Gasteiger partial charge on any atom is 0.416 e. The predicted octanol–water partition coefficient (Wildman–Crippen LogP) is 5.29. The molecular formula is C19H15F4NO2S. The molecular weight excluding hydrogens is 382 g/mol. The lowest BCUT2D eigenvalue weighted by Gasteiger charge is -2.08. The van der Waals surface area contributed by atoms with E-state index in [4.69, 9.17) is 5.11 Å². The number of hydrogen-bond donors (Lipinski definition) is 2.